The Balaban J connectivity index is 1.82. The van der Waals surface area contributed by atoms with Gasteiger partial charge in [0.05, 0.1) is 0 Å². The van der Waals surface area contributed by atoms with Crippen LogP contribution in [0.5, 0.6) is 0 Å². The molecule has 1 saturated carbocycles. The summed E-state index contributed by atoms with van der Waals surface area (Å²) < 4.78 is 0. The normalized spacial score (nSPS) is 46.9. The van der Waals surface area contributed by atoms with Gasteiger partial charge >= 0.3 is 0 Å². The van der Waals surface area contributed by atoms with Crippen LogP contribution in [-0.2, 0) is 0 Å². The van der Waals surface area contributed by atoms with Gasteiger partial charge in [-0.05, 0) is 68.1 Å². The van der Waals surface area contributed by atoms with Gasteiger partial charge in [-0.3, -0.25) is 0 Å². The van der Waals surface area contributed by atoms with E-state index in [0.717, 1.165) is 17.8 Å². The lowest BCUT2D eigenvalue weighted by atomic mass is 9.70. The van der Waals surface area contributed by atoms with Crippen molar-refractivity contribution in [3.63, 3.8) is 0 Å². The first-order valence-corrected chi connectivity index (χ1v) is 7.17. The van der Waals surface area contributed by atoms with Gasteiger partial charge in [-0.2, -0.15) is 0 Å². The van der Waals surface area contributed by atoms with Gasteiger partial charge in [-0.15, -0.1) is 0 Å². The summed E-state index contributed by atoms with van der Waals surface area (Å²) >= 11 is 0. The van der Waals surface area contributed by atoms with E-state index in [1.54, 1.807) is 0 Å². The van der Waals surface area contributed by atoms with Crippen LogP contribution in [0.2, 0.25) is 0 Å². The van der Waals surface area contributed by atoms with Crippen LogP contribution in [0.4, 0.5) is 0 Å². The Bertz CT molecular complexity index is 286. The van der Waals surface area contributed by atoms with Crippen LogP contribution < -0.4 is 0 Å². The fraction of sp³-hybridized carbons (Fsp3) is 0.750. The zero-order valence-electron chi connectivity index (χ0n) is 10.5. The van der Waals surface area contributed by atoms with E-state index in [0.29, 0.717) is 5.41 Å². The average Bonchev–Trinajstić information content (AvgIpc) is 3.05. The predicted molar refractivity (Wildman–Crippen MR) is 69.2 cm³/mol. The molecule has 16 heavy (non-hydrogen) atoms. The second-order valence-corrected chi connectivity index (χ2v) is 6.15. The van der Waals surface area contributed by atoms with Gasteiger partial charge < -0.3 is 0 Å². The first-order valence-electron chi connectivity index (χ1n) is 7.17. The van der Waals surface area contributed by atoms with Crippen molar-refractivity contribution in [2.75, 3.05) is 0 Å². The Hall–Kier alpha value is -0.520. The van der Waals surface area contributed by atoms with Crippen LogP contribution in [0, 0.1) is 23.2 Å². The van der Waals surface area contributed by atoms with Gasteiger partial charge in [-0.1, -0.05) is 31.2 Å². The molecular formula is C16H24. The highest BCUT2D eigenvalue weighted by molar-refractivity contribution is 5.18. The van der Waals surface area contributed by atoms with E-state index in [1.165, 1.54) is 44.9 Å². The number of allylic oxidation sites excluding steroid dienone is 4. The van der Waals surface area contributed by atoms with Crippen molar-refractivity contribution in [2.24, 2.45) is 23.2 Å². The molecule has 0 bridgehead atoms. The van der Waals surface area contributed by atoms with Crippen molar-refractivity contribution in [3.05, 3.63) is 24.3 Å². The maximum absolute atomic E-state index is 2.55. The van der Waals surface area contributed by atoms with E-state index in [2.05, 4.69) is 31.2 Å². The minimum Gasteiger partial charge on any atom is -0.0882 e. The molecule has 3 rings (SSSR count). The van der Waals surface area contributed by atoms with Crippen LogP contribution in [-0.4, -0.2) is 0 Å². The van der Waals surface area contributed by atoms with Crippen LogP contribution in [0.3, 0.4) is 0 Å². The van der Waals surface area contributed by atoms with Gasteiger partial charge in [0.2, 0.25) is 0 Å². The summed E-state index contributed by atoms with van der Waals surface area (Å²) in [6.07, 6.45) is 19.8. The molecule has 0 aromatic carbocycles. The SMILES string of the molecule is C[C@@H]1CC1([C@@H]1C=CCCC1)[C@H]1C=CCCC1. The fourth-order valence-electron chi connectivity index (χ4n) is 4.30. The van der Waals surface area contributed by atoms with Gasteiger partial charge in [0.25, 0.3) is 0 Å². The predicted octanol–water partition coefficient (Wildman–Crippen LogP) is 4.73. The second-order valence-electron chi connectivity index (χ2n) is 6.15. The molecule has 1 fully saturated rings. The number of rotatable bonds is 2. The molecule has 0 nitrogen and oxygen atoms in total. The maximum atomic E-state index is 2.55. The molecule has 4 atom stereocenters. The molecule has 0 heteroatoms. The lowest BCUT2D eigenvalue weighted by Crippen LogP contribution is -2.27. The van der Waals surface area contributed by atoms with E-state index < -0.39 is 0 Å². The molecule has 1 unspecified atom stereocenters. The molecule has 0 aromatic heterocycles. The summed E-state index contributed by atoms with van der Waals surface area (Å²) in [5.41, 5.74) is 0.674. The Morgan fingerprint density at radius 1 is 0.938 bits per heavy atom. The maximum Gasteiger partial charge on any atom is -0.0143 e. The Morgan fingerprint density at radius 3 is 1.75 bits per heavy atom. The summed E-state index contributed by atoms with van der Waals surface area (Å²) in [4.78, 5) is 0. The van der Waals surface area contributed by atoms with Crippen molar-refractivity contribution in [1.82, 2.24) is 0 Å². The fourth-order valence-corrected chi connectivity index (χ4v) is 4.30. The summed E-state index contributed by atoms with van der Waals surface area (Å²) in [6, 6.07) is 0. The molecule has 0 heterocycles. The number of hydrogen-bond donors (Lipinski definition) is 0. The van der Waals surface area contributed by atoms with Gasteiger partial charge in [0.15, 0.2) is 0 Å². The third kappa shape index (κ3) is 1.58. The summed E-state index contributed by atoms with van der Waals surface area (Å²) in [5.74, 6) is 2.75. The summed E-state index contributed by atoms with van der Waals surface area (Å²) in [7, 11) is 0. The van der Waals surface area contributed by atoms with Crippen molar-refractivity contribution < 1.29 is 0 Å². The molecule has 0 radical (unpaired) electrons. The highest BCUT2D eigenvalue weighted by Gasteiger charge is 2.58. The zero-order valence-corrected chi connectivity index (χ0v) is 10.5. The molecular weight excluding hydrogens is 192 g/mol. The van der Waals surface area contributed by atoms with Crippen LogP contribution in [0.15, 0.2) is 24.3 Å². The standard InChI is InChI=1S/C16H24/c1-13-12-16(13,14-8-4-2-5-9-14)15-10-6-3-7-11-15/h4,6,8,10,13-15H,2-3,5,7,9,11-12H2,1H3/t13-,14-,15+,16?/m1/s1. The number of hydrogen-bond acceptors (Lipinski definition) is 0. The third-order valence-corrected chi connectivity index (χ3v) is 5.31. The Kier molecular flexibility index (Phi) is 2.69. The molecule has 0 saturated heterocycles. The monoisotopic (exact) mass is 216 g/mol. The van der Waals surface area contributed by atoms with Crippen LogP contribution >= 0.6 is 0 Å². The third-order valence-electron chi connectivity index (χ3n) is 5.31. The molecule has 3 aliphatic carbocycles. The van der Waals surface area contributed by atoms with E-state index in [1.807, 2.05) is 0 Å². The van der Waals surface area contributed by atoms with E-state index in [9.17, 15) is 0 Å². The van der Waals surface area contributed by atoms with E-state index >= 15 is 0 Å². The Labute approximate surface area is 99.8 Å². The molecule has 0 N–H and O–H groups in total. The molecule has 0 amide bonds. The van der Waals surface area contributed by atoms with Gasteiger partial charge in [-0.25, -0.2) is 0 Å². The van der Waals surface area contributed by atoms with Crippen LogP contribution in [0.25, 0.3) is 0 Å². The quantitative estimate of drug-likeness (QED) is 0.586. The largest absolute Gasteiger partial charge is 0.0882 e. The Morgan fingerprint density at radius 2 is 1.44 bits per heavy atom. The van der Waals surface area contributed by atoms with Crippen molar-refractivity contribution >= 4 is 0 Å². The first-order chi connectivity index (χ1) is 7.84. The summed E-state index contributed by atoms with van der Waals surface area (Å²) in [6.45, 7) is 2.48. The van der Waals surface area contributed by atoms with Crippen molar-refractivity contribution in [2.45, 2.75) is 51.9 Å². The average molecular weight is 216 g/mol. The second kappa shape index (κ2) is 4.05. The molecule has 3 aliphatic rings. The highest BCUT2D eigenvalue weighted by Crippen LogP contribution is 2.66. The van der Waals surface area contributed by atoms with Crippen molar-refractivity contribution in [3.8, 4) is 0 Å². The summed E-state index contributed by atoms with van der Waals surface area (Å²) in [5, 5.41) is 0. The van der Waals surface area contributed by atoms with Crippen molar-refractivity contribution in [1.29, 1.82) is 0 Å². The molecule has 88 valence electrons. The highest BCUT2D eigenvalue weighted by atomic mass is 14.6. The minimum atomic E-state index is 0.674. The van der Waals surface area contributed by atoms with E-state index in [-0.39, 0.29) is 0 Å². The minimum absolute atomic E-state index is 0.674. The van der Waals surface area contributed by atoms with Gasteiger partial charge in [0, 0.05) is 0 Å². The lowest BCUT2D eigenvalue weighted by molar-refractivity contribution is 0.217. The smallest absolute Gasteiger partial charge is 0.0143 e. The molecule has 0 spiro atoms. The van der Waals surface area contributed by atoms with E-state index in [4.69, 9.17) is 0 Å². The lowest BCUT2D eigenvalue weighted by Gasteiger charge is -2.35. The zero-order chi connectivity index (χ0) is 11.0. The first kappa shape index (κ1) is 10.6. The topological polar surface area (TPSA) is 0 Å². The van der Waals surface area contributed by atoms with Crippen LogP contribution in [0.1, 0.15) is 51.9 Å². The molecule has 0 aromatic rings. The molecule has 0 aliphatic heterocycles. The van der Waals surface area contributed by atoms with Gasteiger partial charge in [0.1, 0.15) is 0 Å².